The summed E-state index contributed by atoms with van der Waals surface area (Å²) in [7, 11) is 0. The summed E-state index contributed by atoms with van der Waals surface area (Å²) in [4.78, 5) is 12.0. The summed E-state index contributed by atoms with van der Waals surface area (Å²) < 4.78 is 10.7. The number of nitrogen functional groups attached to an aromatic ring is 1. The molecule has 1 saturated heterocycles. The van der Waals surface area contributed by atoms with Crippen molar-refractivity contribution in [3.8, 4) is 0 Å². The maximum absolute atomic E-state index is 12.0. The summed E-state index contributed by atoms with van der Waals surface area (Å²) in [6.45, 7) is 6.95. The number of rotatable bonds is 3. The number of carbonyl (C=O) groups excluding carboxylic acids is 1. The van der Waals surface area contributed by atoms with Crippen LogP contribution in [0.3, 0.4) is 0 Å². The second kappa shape index (κ2) is 5.71. The number of nitrogens with one attached hydrogen (secondary N) is 1. The van der Waals surface area contributed by atoms with Gasteiger partial charge in [0.1, 0.15) is 5.60 Å². The van der Waals surface area contributed by atoms with E-state index in [0.29, 0.717) is 17.9 Å². The van der Waals surface area contributed by atoms with Crippen LogP contribution < -0.4 is 11.1 Å². The van der Waals surface area contributed by atoms with Gasteiger partial charge in [0, 0.05) is 6.61 Å². The Morgan fingerprint density at radius 3 is 2.80 bits per heavy atom. The standard InChI is InChI=1S/C15H22N2O3/c1-15(2,3)20-14(18)10-4-5-12(16)13(8-10)17-11-6-7-19-9-11/h4-5,8,11,17H,6-7,9,16H2,1-3H3. The first-order valence-corrected chi connectivity index (χ1v) is 6.82. The molecule has 1 aromatic rings. The molecule has 5 nitrogen and oxygen atoms in total. The second-order valence-corrected chi connectivity index (χ2v) is 6.01. The van der Waals surface area contributed by atoms with E-state index in [2.05, 4.69) is 5.32 Å². The van der Waals surface area contributed by atoms with Crippen LogP contribution in [0.15, 0.2) is 18.2 Å². The van der Waals surface area contributed by atoms with Gasteiger partial charge < -0.3 is 20.5 Å². The zero-order valence-electron chi connectivity index (χ0n) is 12.2. The molecule has 20 heavy (non-hydrogen) atoms. The van der Waals surface area contributed by atoms with E-state index in [1.165, 1.54) is 0 Å². The molecule has 0 radical (unpaired) electrons. The molecule has 110 valence electrons. The molecule has 0 spiro atoms. The zero-order chi connectivity index (χ0) is 14.8. The predicted molar refractivity (Wildman–Crippen MR) is 78.9 cm³/mol. The van der Waals surface area contributed by atoms with Crippen LogP contribution in [0.4, 0.5) is 11.4 Å². The van der Waals surface area contributed by atoms with Crippen molar-refractivity contribution in [3.63, 3.8) is 0 Å². The molecule has 1 atom stereocenters. The Hall–Kier alpha value is -1.75. The van der Waals surface area contributed by atoms with Gasteiger partial charge in [-0.05, 0) is 45.4 Å². The van der Waals surface area contributed by atoms with Crippen molar-refractivity contribution in [3.05, 3.63) is 23.8 Å². The SMILES string of the molecule is CC(C)(C)OC(=O)c1ccc(N)c(NC2CCOC2)c1. The van der Waals surface area contributed by atoms with E-state index >= 15 is 0 Å². The minimum absolute atomic E-state index is 0.242. The lowest BCUT2D eigenvalue weighted by molar-refractivity contribution is 0.00696. The average molecular weight is 278 g/mol. The Labute approximate surface area is 119 Å². The highest BCUT2D eigenvalue weighted by Crippen LogP contribution is 2.24. The maximum atomic E-state index is 12.0. The Morgan fingerprint density at radius 2 is 2.20 bits per heavy atom. The lowest BCUT2D eigenvalue weighted by Gasteiger charge is -2.20. The highest BCUT2D eigenvalue weighted by Gasteiger charge is 2.20. The summed E-state index contributed by atoms with van der Waals surface area (Å²) in [6.07, 6.45) is 0.941. The minimum Gasteiger partial charge on any atom is -0.456 e. The van der Waals surface area contributed by atoms with E-state index in [9.17, 15) is 4.79 Å². The van der Waals surface area contributed by atoms with E-state index < -0.39 is 5.60 Å². The van der Waals surface area contributed by atoms with Gasteiger partial charge in [-0.15, -0.1) is 0 Å². The van der Waals surface area contributed by atoms with Gasteiger partial charge in [0.25, 0.3) is 0 Å². The van der Waals surface area contributed by atoms with E-state index in [-0.39, 0.29) is 12.0 Å². The summed E-state index contributed by atoms with van der Waals surface area (Å²) in [6, 6.07) is 5.38. The predicted octanol–water partition coefficient (Wildman–Crippen LogP) is 2.42. The van der Waals surface area contributed by atoms with Crippen molar-refractivity contribution in [1.82, 2.24) is 0 Å². The Morgan fingerprint density at radius 1 is 1.45 bits per heavy atom. The van der Waals surface area contributed by atoms with E-state index in [0.717, 1.165) is 18.7 Å². The smallest absolute Gasteiger partial charge is 0.338 e. The number of nitrogens with two attached hydrogens (primary N) is 1. The van der Waals surface area contributed by atoms with Crippen LogP contribution in [-0.4, -0.2) is 30.8 Å². The van der Waals surface area contributed by atoms with Crippen LogP contribution >= 0.6 is 0 Å². The lowest BCUT2D eigenvalue weighted by Crippen LogP contribution is -2.24. The van der Waals surface area contributed by atoms with Crippen LogP contribution in [-0.2, 0) is 9.47 Å². The normalized spacial score (nSPS) is 18.9. The number of hydrogen-bond acceptors (Lipinski definition) is 5. The van der Waals surface area contributed by atoms with Crippen molar-refractivity contribution < 1.29 is 14.3 Å². The molecule has 1 fully saturated rings. The summed E-state index contributed by atoms with van der Waals surface area (Å²) in [5.74, 6) is -0.344. The highest BCUT2D eigenvalue weighted by molar-refractivity contribution is 5.92. The molecular formula is C15H22N2O3. The van der Waals surface area contributed by atoms with Gasteiger partial charge in [-0.25, -0.2) is 4.79 Å². The van der Waals surface area contributed by atoms with Crippen LogP contribution in [0, 0.1) is 0 Å². The average Bonchev–Trinajstić information content (AvgIpc) is 2.82. The molecule has 0 bridgehead atoms. The van der Waals surface area contributed by atoms with Crippen molar-refractivity contribution in [1.29, 1.82) is 0 Å². The van der Waals surface area contributed by atoms with Gasteiger partial charge in [-0.3, -0.25) is 0 Å². The van der Waals surface area contributed by atoms with E-state index in [1.54, 1.807) is 18.2 Å². The molecule has 0 aromatic heterocycles. The molecule has 5 heteroatoms. The van der Waals surface area contributed by atoms with Gasteiger partial charge >= 0.3 is 5.97 Å². The maximum Gasteiger partial charge on any atom is 0.338 e. The van der Waals surface area contributed by atoms with Crippen molar-refractivity contribution >= 4 is 17.3 Å². The zero-order valence-corrected chi connectivity index (χ0v) is 12.2. The van der Waals surface area contributed by atoms with Crippen molar-refractivity contribution in [2.24, 2.45) is 0 Å². The monoisotopic (exact) mass is 278 g/mol. The quantitative estimate of drug-likeness (QED) is 0.656. The van der Waals surface area contributed by atoms with E-state index in [1.807, 2.05) is 20.8 Å². The summed E-state index contributed by atoms with van der Waals surface area (Å²) in [5, 5.41) is 3.31. The Balaban J connectivity index is 2.13. The van der Waals surface area contributed by atoms with E-state index in [4.69, 9.17) is 15.2 Å². The molecule has 1 aliphatic rings. The number of carbonyl (C=O) groups is 1. The number of esters is 1. The number of anilines is 2. The molecule has 0 amide bonds. The third-order valence-corrected chi connectivity index (χ3v) is 2.98. The third-order valence-electron chi connectivity index (χ3n) is 2.98. The lowest BCUT2D eigenvalue weighted by atomic mass is 10.1. The van der Waals surface area contributed by atoms with Gasteiger partial charge in [0.15, 0.2) is 0 Å². The molecule has 1 unspecified atom stereocenters. The molecule has 0 saturated carbocycles. The fourth-order valence-corrected chi connectivity index (χ4v) is 2.01. The molecule has 3 N–H and O–H groups in total. The van der Waals surface area contributed by atoms with Gasteiger partial charge in [0.05, 0.1) is 29.6 Å². The van der Waals surface area contributed by atoms with Crippen LogP contribution in [0.1, 0.15) is 37.6 Å². The van der Waals surface area contributed by atoms with Crippen molar-refractivity contribution in [2.45, 2.75) is 38.8 Å². The first-order valence-electron chi connectivity index (χ1n) is 6.82. The number of ether oxygens (including phenoxy) is 2. The minimum atomic E-state index is -0.509. The fraction of sp³-hybridized carbons (Fsp3) is 0.533. The molecule has 1 aliphatic heterocycles. The summed E-state index contributed by atoms with van der Waals surface area (Å²) >= 11 is 0. The highest BCUT2D eigenvalue weighted by atomic mass is 16.6. The third kappa shape index (κ3) is 3.87. The topological polar surface area (TPSA) is 73.6 Å². The molecule has 1 aromatic carbocycles. The molecule has 1 heterocycles. The summed E-state index contributed by atoms with van der Waals surface area (Å²) in [5.41, 5.74) is 7.30. The van der Waals surface area contributed by atoms with Gasteiger partial charge in [-0.1, -0.05) is 0 Å². The number of benzene rings is 1. The Bertz CT molecular complexity index is 488. The number of hydrogen-bond donors (Lipinski definition) is 2. The van der Waals surface area contributed by atoms with Gasteiger partial charge in [-0.2, -0.15) is 0 Å². The first-order chi connectivity index (χ1) is 9.35. The van der Waals surface area contributed by atoms with Gasteiger partial charge in [0.2, 0.25) is 0 Å². The molecule has 2 rings (SSSR count). The first kappa shape index (κ1) is 14.7. The Kier molecular flexibility index (Phi) is 4.18. The second-order valence-electron chi connectivity index (χ2n) is 6.01. The van der Waals surface area contributed by atoms with Crippen LogP contribution in [0.5, 0.6) is 0 Å². The van der Waals surface area contributed by atoms with Crippen molar-refractivity contribution in [2.75, 3.05) is 24.3 Å². The van der Waals surface area contributed by atoms with Crippen LogP contribution in [0.2, 0.25) is 0 Å². The fourth-order valence-electron chi connectivity index (χ4n) is 2.01. The van der Waals surface area contributed by atoms with Crippen LogP contribution in [0.25, 0.3) is 0 Å². The molecule has 0 aliphatic carbocycles. The molecular weight excluding hydrogens is 256 g/mol. The largest absolute Gasteiger partial charge is 0.456 e.